The van der Waals surface area contributed by atoms with Crippen LogP contribution in [0.1, 0.15) is 53.8 Å². The third kappa shape index (κ3) is 4.89. The summed E-state index contributed by atoms with van der Waals surface area (Å²) in [4.78, 5) is 13.7. The van der Waals surface area contributed by atoms with Gasteiger partial charge in [-0.2, -0.15) is 5.26 Å². The molecule has 7 heteroatoms. The minimum Gasteiger partial charge on any atom is -0.497 e. The Kier molecular flexibility index (Phi) is 7.13. The quantitative estimate of drug-likeness (QED) is 0.678. The number of nitrogens with one attached hydrogen (secondary N) is 2. The molecule has 1 unspecified atom stereocenters. The van der Waals surface area contributed by atoms with E-state index in [9.17, 15) is 10.1 Å². The highest BCUT2D eigenvalue weighted by Gasteiger charge is 2.21. The molecule has 3 rings (SSSR count). The van der Waals surface area contributed by atoms with E-state index >= 15 is 0 Å². The summed E-state index contributed by atoms with van der Waals surface area (Å²) >= 11 is 1.56. The van der Waals surface area contributed by atoms with Gasteiger partial charge in [-0.25, -0.2) is 0 Å². The van der Waals surface area contributed by atoms with E-state index in [0.717, 1.165) is 48.3 Å². The molecule has 1 heterocycles. The molecule has 1 aliphatic carbocycles. The number of hydrogen-bond donors (Lipinski definition) is 2. The van der Waals surface area contributed by atoms with Crippen LogP contribution in [0.5, 0.6) is 11.5 Å². The Balaban J connectivity index is 1.57. The lowest BCUT2D eigenvalue weighted by molar-refractivity contribution is -0.116. The maximum absolute atomic E-state index is 12.4. The van der Waals surface area contributed by atoms with E-state index in [0.29, 0.717) is 23.5 Å². The van der Waals surface area contributed by atoms with Crippen LogP contribution >= 0.6 is 11.3 Å². The number of hydrogen-bond acceptors (Lipinski definition) is 6. The summed E-state index contributed by atoms with van der Waals surface area (Å²) in [5, 5.41) is 16.5. The van der Waals surface area contributed by atoms with Gasteiger partial charge in [0.25, 0.3) is 0 Å². The van der Waals surface area contributed by atoms with Crippen molar-refractivity contribution in [3.8, 4) is 17.6 Å². The van der Waals surface area contributed by atoms with E-state index in [2.05, 4.69) is 16.7 Å². The molecule has 0 aliphatic heterocycles. The van der Waals surface area contributed by atoms with Crippen molar-refractivity contribution in [2.24, 2.45) is 0 Å². The Labute approximate surface area is 175 Å². The molecule has 1 aromatic carbocycles. The predicted molar refractivity (Wildman–Crippen MR) is 115 cm³/mol. The maximum Gasteiger partial charge on any atom is 0.226 e. The van der Waals surface area contributed by atoms with Gasteiger partial charge in [0.1, 0.15) is 22.6 Å². The number of rotatable bonds is 8. The fraction of sp³-hybridized carbons (Fsp3) is 0.455. The zero-order valence-electron chi connectivity index (χ0n) is 17.1. The van der Waals surface area contributed by atoms with Crippen LogP contribution in [0.2, 0.25) is 0 Å². The largest absolute Gasteiger partial charge is 0.497 e. The van der Waals surface area contributed by atoms with Crippen molar-refractivity contribution in [3.63, 3.8) is 0 Å². The maximum atomic E-state index is 12.4. The molecule has 0 fully saturated rings. The van der Waals surface area contributed by atoms with Gasteiger partial charge < -0.3 is 20.1 Å². The zero-order chi connectivity index (χ0) is 20.8. The minimum absolute atomic E-state index is 0.00318. The molecule has 1 atom stereocenters. The van der Waals surface area contributed by atoms with E-state index in [1.807, 2.05) is 25.1 Å². The summed E-state index contributed by atoms with van der Waals surface area (Å²) in [5.41, 5.74) is 2.77. The van der Waals surface area contributed by atoms with Crippen LogP contribution in [0.4, 0.5) is 5.00 Å². The number of thiophene rings is 1. The van der Waals surface area contributed by atoms with Crippen molar-refractivity contribution in [2.75, 3.05) is 26.1 Å². The fourth-order valence-corrected chi connectivity index (χ4v) is 4.91. The number of methoxy groups -OCH3 is 2. The number of nitriles is 1. The number of carbonyl (C=O) groups is 1. The molecule has 154 valence electrons. The van der Waals surface area contributed by atoms with Crippen LogP contribution < -0.4 is 20.1 Å². The topological polar surface area (TPSA) is 83.4 Å². The van der Waals surface area contributed by atoms with Crippen molar-refractivity contribution in [1.29, 1.82) is 5.26 Å². The number of aryl methyl sites for hydroxylation is 1. The molecule has 29 heavy (non-hydrogen) atoms. The SMILES string of the molecule is COc1ccc(OC)c(C(C)NCCC(=O)Nc2sc3c(c2C#N)CCCC3)c1. The van der Waals surface area contributed by atoms with Crippen LogP contribution in [0.3, 0.4) is 0 Å². The van der Waals surface area contributed by atoms with Crippen molar-refractivity contribution < 1.29 is 14.3 Å². The van der Waals surface area contributed by atoms with Gasteiger partial charge in [0.2, 0.25) is 5.91 Å². The second-order valence-electron chi connectivity index (χ2n) is 7.11. The first-order valence-electron chi connectivity index (χ1n) is 9.87. The molecule has 1 aromatic heterocycles. The average Bonchev–Trinajstić information content (AvgIpc) is 3.09. The molecule has 2 aromatic rings. The first kappa shape index (κ1) is 21.2. The number of fused-ring (bicyclic) bond motifs is 1. The number of amides is 1. The van der Waals surface area contributed by atoms with Crippen molar-refractivity contribution in [1.82, 2.24) is 5.32 Å². The number of benzene rings is 1. The molecule has 1 aliphatic rings. The van der Waals surface area contributed by atoms with E-state index in [-0.39, 0.29) is 11.9 Å². The van der Waals surface area contributed by atoms with Crippen LogP contribution in [0.15, 0.2) is 18.2 Å². The highest BCUT2D eigenvalue weighted by Crippen LogP contribution is 2.37. The third-order valence-electron chi connectivity index (χ3n) is 5.24. The van der Waals surface area contributed by atoms with Gasteiger partial charge in [0.05, 0.1) is 19.8 Å². The van der Waals surface area contributed by atoms with Crippen molar-refractivity contribution >= 4 is 22.2 Å². The highest BCUT2D eigenvalue weighted by molar-refractivity contribution is 7.16. The molecular formula is C22H27N3O3S. The summed E-state index contributed by atoms with van der Waals surface area (Å²) in [6, 6.07) is 7.95. The summed E-state index contributed by atoms with van der Waals surface area (Å²) in [6.07, 6.45) is 4.53. The van der Waals surface area contributed by atoms with E-state index < -0.39 is 0 Å². The summed E-state index contributed by atoms with van der Waals surface area (Å²) < 4.78 is 10.7. The third-order valence-corrected chi connectivity index (χ3v) is 6.45. The number of carbonyl (C=O) groups excluding carboxylic acids is 1. The van der Waals surface area contributed by atoms with Crippen LogP contribution in [-0.4, -0.2) is 26.7 Å². The molecular weight excluding hydrogens is 386 g/mol. The van der Waals surface area contributed by atoms with Gasteiger partial charge >= 0.3 is 0 Å². The molecule has 0 spiro atoms. The van der Waals surface area contributed by atoms with Crippen LogP contribution in [0, 0.1) is 11.3 Å². The fourth-order valence-electron chi connectivity index (χ4n) is 3.65. The van der Waals surface area contributed by atoms with E-state index in [1.165, 1.54) is 4.88 Å². The van der Waals surface area contributed by atoms with Gasteiger partial charge in [-0.3, -0.25) is 4.79 Å². The smallest absolute Gasteiger partial charge is 0.226 e. The van der Waals surface area contributed by atoms with E-state index in [1.54, 1.807) is 25.6 Å². The monoisotopic (exact) mass is 413 g/mol. The van der Waals surface area contributed by atoms with Gasteiger partial charge in [0.15, 0.2) is 0 Å². The Morgan fingerprint density at radius 1 is 1.28 bits per heavy atom. The number of anilines is 1. The number of ether oxygens (including phenoxy) is 2. The first-order chi connectivity index (χ1) is 14.1. The lowest BCUT2D eigenvalue weighted by Crippen LogP contribution is -2.24. The number of nitrogens with zero attached hydrogens (tertiary/aromatic N) is 1. The molecule has 6 nitrogen and oxygen atoms in total. The van der Waals surface area contributed by atoms with Crippen molar-refractivity contribution in [3.05, 3.63) is 39.8 Å². The van der Waals surface area contributed by atoms with Gasteiger partial charge in [-0.05, 0) is 56.4 Å². The summed E-state index contributed by atoms with van der Waals surface area (Å²) in [5.74, 6) is 1.45. The van der Waals surface area contributed by atoms with Crippen molar-refractivity contribution in [2.45, 2.75) is 45.1 Å². The molecule has 2 N–H and O–H groups in total. The lowest BCUT2D eigenvalue weighted by atomic mass is 9.96. The normalized spacial score (nSPS) is 13.9. The Hall–Kier alpha value is -2.56. The Bertz CT molecular complexity index is 917. The molecule has 0 saturated heterocycles. The molecule has 1 amide bonds. The van der Waals surface area contributed by atoms with Crippen LogP contribution in [0.25, 0.3) is 0 Å². The molecule has 0 bridgehead atoms. The molecule has 0 saturated carbocycles. The summed E-state index contributed by atoms with van der Waals surface area (Å²) in [7, 11) is 3.27. The highest BCUT2D eigenvalue weighted by atomic mass is 32.1. The standard InChI is InChI=1S/C22H27N3O3S/c1-14(17-12-15(27-2)8-9-19(17)28-3)24-11-10-21(26)25-22-18(13-23)16-6-4-5-7-20(16)29-22/h8-9,12,14,24H,4-7,10-11H2,1-3H3,(H,25,26). The van der Waals surface area contributed by atoms with Crippen LogP contribution in [-0.2, 0) is 17.6 Å². The predicted octanol–water partition coefficient (Wildman–Crippen LogP) is 4.20. The lowest BCUT2D eigenvalue weighted by Gasteiger charge is -2.18. The van der Waals surface area contributed by atoms with Gasteiger partial charge in [0, 0.05) is 29.4 Å². The Morgan fingerprint density at radius 2 is 2.07 bits per heavy atom. The van der Waals surface area contributed by atoms with Gasteiger partial charge in [-0.1, -0.05) is 0 Å². The summed E-state index contributed by atoms with van der Waals surface area (Å²) in [6.45, 7) is 2.54. The van der Waals surface area contributed by atoms with E-state index in [4.69, 9.17) is 9.47 Å². The zero-order valence-corrected chi connectivity index (χ0v) is 17.9. The van der Waals surface area contributed by atoms with Gasteiger partial charge in [-0.15, -0.1) is 11.3 Å². The Morgan fingerprint density at radius 3 is 2.79 bits per heavy atom. The second-order valence-corrected chi connectivity index (χ2v) is 8.21. The second kappa shape index (κ2) is 9.77. The average molecular weight is 414 g/mol. The minimum atomic E-state index is -0.0857. The first-order valence-corrected chi connectivity index (χ1v) is 10.7. The molecule has 0 radical (unpaired) electrons.